The molecule has 49 heavy (non-hydrogen) atoms. The van der Waals surface area contributed by atoms with Crippen LogP contribution in [0.1, 0.15) is 48.1 Å². The van der Waals surface area contributed by atoms with Gasteiger partial charge in [-0.3, -0.25) is 9.69 Å². The fraction of sp³-hybridized carbons (Fsp3) is 0.351. The Morgan fingerprint density at radius 1 is 0.837 bits per heavy atom. The zero-order valence-corrected chi connectivity index (χ0v) is 27.3. The maximum absolute atomic E-state index is 14.2. The lowest BCUT2D eigenvalue weighted by atomic mass is 9.81. The van der Waals surface area contributed by atoms with E-state index in [1.165, 1.54) is 49.7 Å². The second kappa shape index (κ2) is 12.5. The van der Waals surface area contributed by atoms with E-state index in [9.17, 15) is 35.5 Å². The quantitative estimate of drug-likeness (QED) is 0.183. The number of likely N-dealkylation sites (tertiary alicyclic amines) is 1. The van der Waals surface area contributed by atoms with Crippen LogP contribution in [0.4, 0.5) is 42.2 Å². The minimum atomic E-state index is -5.07. The molecule has 0 saturated carbocycles. The molecule has 2 fully saturated rings. The molecule has 0 spiro atoms. The summed E-state index contributed by atoms with van der Waals surface area (Å²) in [7, 11) is 1.40. The van der Waals surface area contributed by atoms with Crippen molar-refractivity contribution < 1.29 is 35.5 Å². The van der Waals surface area contributed by atoms with E-state index >= 15 is 0 Å². The van der Waals surface area contributed by atoms with Gasteiger partial charge >= 0.3 is 12.4 Å². The van der Waals surface area contributed by atoms with Gasteiger partial charge < -0.3 is 9.80 Å². The number of pyridine rings is 1. The SMILES string of the molecule is Cc1cc(F)ccc1-c1cc(N2CC3CC2CN3Cc2ccccc2)ncc1N(C)C(=O)C(C)(C)c1cc(C(F)(F)F)cc(C(F)(F)F)c1. The summed E-state index contributed by atoms with van der Waals surface area (Å²) in [6.45, 7) is 6.68. The lowest BCUT2D eigenvalue weighted by Crippen LogP contribution is -2.46. The number of anilines is 2. The summed E-state index contributed by atoms with van der Waals surface area (Å²) in [5.74, 6) is -0.558. The van der Waals surface area contributed by atoms with Crippen molar-refractivity contribution >= 4 is 17.4 Å². The van der Waals surface area contributed by atoms with Crippen LogP contribution in [0.2, 0.25) is 0 Å². The number of carbonyl (C=O) groups is 1. The number of alkyl halides is 6. The molecule has 5 nitrogen and oxygen atoms in total. The van der Waals surface area contributed by atoms with Gasteiger partial charge in [0.25, 0.3) is 0 Å². The first-order chi connectivity index (χ1) is 22.9. The van der Waals surface area contributed by atoms with Gasteiger partial charge in [0.05, 0.1) is 28.4 Å². The van der Waals surface area contributed by atoms with Crippen molar-refractivity contribution in [2.24, 2.45) is 0 Å². The number of nitrogens with zero attached hydrogens (tertiary/aromatic N) is 4. The van der Waals surface area contributed by atoms with Crippen molar-refractivity contribution in [3.63, 3.8) is 0 Å². The molecule has 2 aliphatic heterocycles. The van der Waals surface area contributed by atoms with Crippen LogP contribution < -0.4 is 9.80 Å². The predicted molar refractivity (Wildman–Crippen MR) is 174 cm³/mol. The number of aryl methyl sites for hydroxylation is 1. The van der Waals surface area contributed by atoms with Gasteiger partial charge in [0.2, 0.25) is 5.91 Å². The van der Waals surface area contributed by atoms with E-state index in [0.717, 1.165) is 26.1 Å². The monoisotopic (exact) mass is 684 g/mol. The fourth-order valence-electron chi connectivity index (χ4n) is 7.02. The predicted octanol–water partition coefficient (Wildman–Crippen LogP) is 8.64. The number of hydrogen-bond donors (Lipinski definition) is 0. The molecule has 6 rings (SSSR count). The number of carbonyl (C=O) groups excluding carboxylic acids is 1. The van der Waals surface area contributed by atoms with Crippen LogP contribution in [-0.4, -0.2) is 48.0 Å². The zero-order chi connectivity index (χ0) is 35.5. The minimum absolute atomic E-state index is 0.0394. The van der Waals surface area contributed by atoms with Gasteiger partial charge in [-0.1, -0.05) is 36.4 Å². The van der Waals surface area contributed by atoms with Crippen LogP contribution >= 0.6 is 0 Å². The topological polar surface area (TPSA) is 39.7 Å². The fourth-order valence-corrected chi connectivity index (χ4v) is 7.02. The van der Waals surface area contributed by atoms with Crippen molar-refractivity contribution in [1.29, 1.82) is 0 Å². The average molecular weight is 685 g/mol. The van der Waals surface area contributed by atoms with Crippen LogP contribution in [0.3, 0.4) is 0 Å². The van der Waals surface area contributed by atoms with Gasteiger partial charge in [-0.15, -0.1) is 0 Å². The average Bonchev–Trinajstić information content (AvgIpc) is 3.64. The molecule has 2 unspecified atom stereocenters. The van der Waals surface area contributed by atoms with Crippen LogP contribution in [0.15, 0.2) is 79.0 Å². The first-order valence-electron chi connectivity index (χ1n) is 15.8. The summed E-state index contributed by atoms with van der Waals surface area (Å²) in [5, 5.41) is 0. The molecule has 4 aromatic rings. The van der Waals surface area contributed by atoms with Crippen molar-refractivity contribution in [3.05, 3.63) is 113 Å². The third kappa shape index (κ3) is 6.75. The van der Waals surface area contributed by atoms with Gasteiger partial charge in [0.1, 0.15) is 11.6 Å². The number of piperazine rings is 1. The van der Waals surface area contributed by atoms with E-state index in [2.05, 4.69) is 21.9 Å². The Labute approximate surface area is 280 Å². The maximum Gasteiger partial charge on any atom is 0.416 e. The number of fused-ring (bicyclic) bond motifs is 2. The number of hydrogen-bond acceptors (Lipinski definition) is 4. The molecule has 1 amide bonds. The minimum Gasteiger partial charge on any atom is -0.351 e. The lowest BCUT2D eigenvalue weighted by molar-refractivity contribution is -0.143. The third-order valence-corrected chi connectivity index (χ3v) is 9.73. The Hall–Kier alpha value is -4.45. The molecule has 2 aliphatic rings. The zero-order valence-electron chi connectivity index (χ0n) is 27.3. The second-order valence-corrected chi connectivity index (χ2v) is 13.4. The summed E-state index contributed by atoms with van der Waals surface area (Å²) in [6.07, 6.45) is -7.70. The van der Waals surface area contributed by atoms with Gasteiger partial charge in [0.15, 0.2) is 0 Å². The smallest absolute Gasteiger partial charge is 0.351 e. The molecule has 1 aromatic heterocycles. The number of benzene rings is 3. The lowest BCUT2D eigenvalue weighted by Gasteiger charge is -2.36. The van der Waals surface area contributed by atoms with E-state index in [0.29, 0.717) is 40.7 Å². The van der Waals surface area contributed by atoms with E-state index in [1.54, 1.807) is 13.0 Å². The normalized spacial score (nSPS) is 18.3. The second-order valence-electron chi connectivity index (χ2n) is 13.4. The highest BCUT2D eigenvalue weighted by Crippen LogP contribution is 2.42. The van der Waals surface area contributed by atoms with E-state index < -0.39 is 46.2 Å². The van der Waals surface area contributed by atoms with E-state index in [4.69, 9.17) is 4.98 Å². The molecule has 0 radical (unpaired) electrons. The molecule has 3 heterocycles. The molecular formula is C37H35F7N4O. The van der Waals surface area contributed by atoms with E-state index in [-0.39, 0.29) is 17.8 Å². The molecule has 2 atom stereocenters. The number of amides is 1. The maximum atomic E-state index is 14.2. The Morgan fingerprint density at radius 3 is 2.04 bits per heavy atom. The third-order valence-electron chi connectivity index (χ3n) is 9.73. The van der Waals surface area contributed by atoms with Crippen molar-refractivity contribution in [2.75, 3.05) is 29.9 Å². The summed E-state index contributed by atoms with van der Waals surface area (Å²) in [5.41, 5.74) is -2.06. The summed E-state index contributed by atoms with van der Waals surface area (Å²) < 4.78 is 96.4. The van der Waals surface area contributed by atoms with Crippen LogP contribution in [-0.2, 0) is 29.1 Å². The van der Waals surface area contributed by atoms with Gasteiger partial charge in [-0.25, -0.2) is 9.37 Å². The van der Waals surface area contributed by atoms with Gasteiger partial charge in [0, 0.05) is 44.3 Å². The highest BCUT2D eigenvalue weighted by atomic mass is 19.4. The highest BCUT2D eigenvalue weighted by molar-refractivity contribution is 6.03. The molecule has 3 aromatic carbocycles. The molecule has 12 heteroatoms. The molecule has 258 valence electrons. The molecule has 2 saturated heterocycles. The Balaban J connectivity index is 1.35. The summed E-state index contributed by atoms with van der Waals surface area (Å²) in [4.78, 5) is 24.7. The molecule has 0 aliphatic carbocycles. The Morgan fingerprint density at radius 2 is 1.47 bits per heavy atom. The molecular weight excluding hydrogens is 649 g/mol. The van der Waals surface area contributed by atoms with Crippen molar-refractivity contribution in [3.8, 4) is 11.1 Å². The molecule has 0 N–H and O–H groups in total. The van der Waals surface area contributed by atoms with Crippen LogP contribution in [0, 0.1) is 12.7 Å². The highest BCUT2D eigenvalue weighted by Gasteiger charge is 2.44. The van der Waals surface area contributed by atoms with Crippen molar-refractivity contribution in [1.82, 2.24) is 9.88 Å². The van der Waals surface area contributed by atoms with Crippen LogP contribution in [0.5, 0.6) is 0 Å². The summed E-state index contributed by atoms with van der Waals surface area (Å²) in [6, 6.07) is 18.0. The first-order valence-corrected chi connectivity index (χ1v) is 15.8. The largest absolute Gasteiger partial charge is 0.416 e. The van der Waals surface area contributed by atoms with Gasteiger partial charge in [-0.05, 0) is 85.8 Å². The first kappa shape index (κ1) is 34.4. The summed E-state index contributed by atoms with van der Waals surface area (Å²) >= 11 is 0. The number of halogens is 7. The number of aromatic nitrogens is 1. The van der Waals surface area contributed by atoms with Gasteiger partial charge in [-0.2, -0.15) is 26.3 Å². The number of rotatable bonds is 7. The van der Waals surface area contributed by atoms with E-state index in [1.807, 2.05) is 24.3 Å². The Bertz CT molecular complexity index is 1840. The van der Waals surface area contributed by atoms with Crippen LogP contribution in [0.25, 0.3) is 11.1 Å². The number of likely N-dealkylation sites (N-methyl/N-ethyl adjacent to an activating group) is 1. The Kier molecular flexibility index (Phi) is 8.75. The standard InChI is InChI=1S/C37H35F7N4O/c1-22-12-27(38)10-11-30(22)31-17-33(48-21-28-16-29(48)20-47(28)19-23-8-6-5-7-9-23)45-18-32(31)46(4)34(49)35(2,3)24-13-25(36(39,40)41)15-26(14-24)37(42,43)44/h5-15,17-18,28-29H,16,19-21H2,1-4H3. The molecule has 2 bridgehead atoms. The van der Waals surface area contributed by atoms with Crippen molar-refractivity contribution in [2.45, 2.75) is 63.6 Å².